The number of benzene rings is 2. The molecule has 0 fully saturated rings. The van der Waals surface area contributed by atoms with Gasteiger partial charge >= 0.3 is 6.16 Å². The van der Waals surface area contributed by atoms with Crippen LogP contribution in [0.4, 0.5) is 16.3 Å². The first kappa shape index (κ1) is 22.4. The zero-order chi connectivity index (χ0) is 24.2. The maximum absolute atomic E-state index is 12.0. The highest BCUT2D eigenvalue weighted by atomic mass is 16.7. The number of nitrogens with zero attached hydrogens (tertiary/aromatic N) is 5. The quantitative estimate of drug-likeness (QED) is 0.305. The van der Waals surface area contributed by atoms with Gasteiger partial charge in [-0.25, -0.2) is 14.3 Å². The summed E-state index contributed by atoms with van der Waals surface area (Å²) in [7, 11) is 0. The molecule has 0 saturated carbocycles. The molecule has 0 amide bonds. The Morgan fingerprint density at radius 3 is 2.74 bits per heavy atom. The number of hydrogen-bond acceptors (Lipinski definition) is 7. The second-order valence-electron chi connectivity index (χ2n) is 8.10. The molecular weight excluding hydrogens is 444 g/mol. The summed E-state index contributed by atoms with van der Waals surface area (Å²) >= 11 is 0. The van der Waals surface area contributed by atoms with Gasteiger partial charge in [0.2, 0.25) is 0 Å². The Balaban J connectivity index is 1.46. The minimum atomic E-state index is -0.735. The van der Waals surface area contributed by atoms with Gasteiger partial charge in [0.15, 0.2) is 11.6 Å². The van der Waals surface area contributed by atoms with E-state index in [1.807, 2.05) is 47.3 Å². The summed E-state index contributed by atoms with van der Waals surface area (Å²) in [4.78, 5) is 16.4. The lowest BCUT2D eigenvalue weighted by molar-refractivity contribution is 0.104. The molecule has 0 aliphatic carbocycles. The Labute approximate surface area is 202 Å². The summed E-state index contributed by atoms with van der Waals surface area (Å²) in [6.45, 7) is 4.75. The van der Waals surface area contributed by atoms with E-state index in [0.29, 0.717) is 24.5 Å². The number of nitrogens with one attached hydrogen (secondary N) is 1. The van der Waals surface area contributed by atoms with Gasteiger partial charge in [0.1, 0.15) is 11.8 Å². The largest absolute Gasteiger partial charge is 0.513 e. The van der Waals surface area contributed by atoms with Crippen LogP contribution in [0.25, 0.3) is 16.4 Å². The number of ether oxygens (including phenoxy) is 2. The van der Waals surface area contributed by atoms with Gasteiger partial charge in [0, 0.05) is 16.6 Å². The van der Waals surface area contributed by atoms with Crippen LogP contribution in [0.5, 0.6) is 5.75 Å². The van der Waals surface area contributed by atoms with Gasteiger partial charge in [-0.1, -0.05) is 43.7 Å². The molecule has 3 heterocycles. The van der Waals surface area contributed by atoms with Crippen LogP contribution in [-0.2, 0) is 17.7 Å². The average Bonchev–Trinajstić information content (AvgIpc) is 3.41. The van der Waals surface area contributed by atoms with Gasteiger partial charge < -0.3 is 14.8 Å². The summed E-state index contributed by atoms with van der Waals surface area (Å²) in [6.07, 6.45) is 5.83. The number of carbonyl (C=O) groups is 1. The van der Waals surface area contributed by atoms with Crippen LogP contribution in [-0.4, -0.2) is 37.1 Å². The van der Waals surface area contributed by atoms with Crippen molar-refractivity contribution in [1.29, 1.82) is 0 Å². The summed E-state index contributed by atoms with van der Waals surface area (Å²) < 4.78 is 14.1. The predicted octanol–water partition coefficient (Wildman–Crippen LogP) is 5.36. The zero-order valence-electron chi connectivity index (χ0n) is 19.6. The Morgan fingerprint density at radius 2 is 1.94 bits per heavy atom. The lowest BCUT2D eigenvalue weighted by Gasteiger charge is -2.10. The molecule has 0 saturated heterocycles. The van der Waals surface area contributed by atoms with Crippen LogP contribution in [0.15, 0.2) is 67.3 Å². The van der Waals surface area contributed by atoms with Crippen LogP contribution in [0.2, 0.25) is 0 Å². The van der Waals surface area contributed by atoms with Gasteiger partial charge in [-0.3, -0.25) is 4.68 Å². The number of anilines is 2. The van der Waals surface area contributed by atoms with E-state index >= 15 is 0 Å². The Morgan fingerprint density at radius 1 is 1.09 bits per heavy atom. The topological polar surface area (TPSA) is 95.6 Å². The number of carbonyl (C=O) groups excluding carboxylic acids is 1. The average molecular weight is 471 g/mol. The van der Waals surface area contributed by atoms with Gasteiger partial charge in [-0.15, -0.1) is 0 Å². The molecule has 5 aromatic rings. The highest BCUT2D eigenvalue weighted by Crippen LogP contribution is 2.32. The zero-order valence-corrected chi connectivity index (χ0v) is 19.6. The minimum absolute atomic E-state index is 0.242. The highest BCUT2D eigenvalue weighted by molar-refractivity contribution is 5.86. The molecule has 0 radical (unpaired) electrons. The monoisotopic (exact) mass is 470 g/mol. The van der Waals surface area contributed by atoms with Crippen LogP contribution in [0.3, 0.4) is 0 Å². The molecule has 0 aliphatic heterocycles. The second kappa shape index (κ2) is 9.84. The van der Waals surface area contributed by atoms with Crippen LogP contribution in [0, 0.1) is 0 Å². The molecular formula is C26H26N6O3. The lowest BCUT2D eigenvalue weighted by atomic mass is 10.1. The van der Waals surface area contributed by atoms with Gasteiger partial charge in [0.05, 0.1) is 31.1 Å². The first-order valence-electron chi connectivity index (χ1n) is 11.6. The van der Waals surface area contributed by atoms with E-state index in [1.165, 1.54) is 11.9 Å². The predicted molar refractivity (Wildman–Crippen MR) is 133 cm³/mol. The normalized spacial score (nSPS) is 11.1. The third kappa shape index (κ3) is 4.65. The molecule has 3 aromatic heterocycles. The molecule has 0 atom stereocenters. The molecule has 9 heteroatoms. The summed E-state index contributed by atoms with van der Waals surface area (Å²) in [5.41, 5.74) is 4.72. The van der Waals surface area contributed by atoms with Crippen molar-refractivity contribution in [3.8, 4) is 5.75 Å². The Kier molecular flexibility index (Phi) is 6.30. The molecule has 5 rings (SSSR count). The number of hydrogen-bond donors (Lipinski definition) is 1. The van der Waals surface area contributed by atoms with Crippen molar-refractivity contribution in [2.45, 2.75) is 33.2 Å². The smallest absolute Gasteiger partial charge is 0.434 e. The van der Waals surface area contributed by atoms with Crippen molar-refractivity contribution in [2.75, 3.05) is 11.9 Å². The van der Waals surface area contributed by atoms with Gasteiger partial charge in [0.25, 0.3) is 0 Å². The number of aryl methyl sites for hydroxylation is 1. The summed E-state index contributed by atoms with van der Waals surface area (Å²) in [6, 6.07) is 16.3. The molecule has 9 nitrogen and oxygen atoms in total. The third-order valence-corrected chi connectivity index (χ3v) is 5.67. The standard InChI is InChI=1S/C26H26N6O3/c1-3-8-21-23(35-26(33)34-4-2)16-32-24(21)25(27-17-29-32)30-20-11-12-22-19(13-20)14-28-31(22)15-18-9-6-5-7-10-18/h5-7,9-14,16-17H,3-4,8,15H2,1-2H3,(H,27,29,30). The Hall–Kier alpha value is -4.40. The maximum Gasteiger partial charge on any atom is 0.513 e. The van der Waals surface area contributed by atoms with Crippen molar-refractivity contribution >= 4 is 34.1 Å². The lowest BCUT2D eigenvalue weighted by Crippen LogP contribution is -2.10. The van der Waals surface area contributed by atoms with E-state index in [1.54, 1.807) is 17.6 Å². The van der Waals surface area contributed by atoms with E-state index < -0.39 is 6.16 Å². The highest BCUT2D eigenvalue weighted by Gasteiger charge is 2.19. The van der Waals surface area contributed by atoms with Crippen molar-refractivity contribution < 1.29 is 14.3 Å². The fraction of sp³-hybridized carbons (Fsp3) is 0.231. The third-order valence-electron chi connectivity index (χ3n) is 5.67. The minimum Gasteiger partial charge on any atom is -0.434 e. The summed E-state index contributed by atoms with van der Waals surface area (Å²) in [5, 5.41) is 13.3. The molecule has 0 bridgehead atoms. The molecule has 178 valence electrons. The number of rotatable bonds is 8. The number of fused-ring (bicyclic) bond motifs is 2. The first-order chi connectivity index (χ1) is 17.2. The molecule has 0 aliphatic rings. The molecule has 0 unspecified atom stereocenters. The fourth-order valence-electron chi connectivity index (χ4n) is 4.14. The molecule has 1 N–H and O–H groups in total. The second-order valence-corrected chi connectivity index (χ2v) is 8.10. The van der Waals surface area contributed by atoms with Crippen molar-refractivity contribution in [1.82, 2.24) is 24.4 Å². The van der Waals surface area contributed by atoms with Crippen molar-refractivity contribution in [3.63, 3.8) is 0 Å². The SMILES string of the molecule is CCCc1c(OC(=O)OCC)cn2ncnc(Nc3ccc4c(cnn4Cc4ccccc4)c3)c12. The molecule has 0 spiro atoms. The van der Waals surface area contributed by atoms with E-state index in [2.05, 4.69) is 39.6 Å². The van der Waals surface area contributed by atoms with Crippen molar-refractivity contribution in [3.05, 3.63) is 78.4 Å². The van der Waals surface area contributed by atoms with E-state index in [-0.39, 0.29) is 6.61 Å². The first-order valence-corrected chi connectivity index (χ1v) is 11.6. The molecule has 35 heavy (non-hydrogen) atoms. The Bertz CT molecular complexity index is 1480. The van der Waals surface area contributed by atoms with E-state index in [9.17, 15) is 4.79 Å². The van der Waals surface area contributed by atoms with E-state index in [0.717, 1.165) is 34.1 Å². The van der Waals surface area contributed by atoms with Crippen LogP contribution >= 0.6 is 0 Å². The van der Waals surface area contributed by atoms with Gasteiger partial charge in [-0.05, 0) is 37.1 Å². The molecule has 2 aromatic carbocycles. The van der Waals surface area contributed by atoms with Crippen molar-refractivity contribution in [2.24, 2.45) is 0 Å². The summed E-state index contributed by atoms with van der Waals surface area (Å²) in [5.74, 6) is 1.05. The fourth-order valence-corrected chi connectivity index (χ4v) is 4.14. The maximum atomic E-state index is 12.0. The van der Waals surface area contributed by atoms with E-state index in [4.69, 9.17) is 9.47 Å². The van der Waals surface area contributed by atoms with Crippen LogP contribution in [0.1, 0.15) is 31.4 Å². The number of aromatic nitrogens is 5. The van der Waals surface area contributed by atoms with Crippen LogP contribution < -0.4 is 10.1 Å². The van der Waals surface area contributed by atoms with Gasteiger partial charge in [-0.2, -0.15) is 10.2 Å².